The molecule has 9 heteroatoms. The van der Waals surface area contributed by atoms with Gasteiger partial charge in [-0.3, -0.25) is 9.36 Å². The van der Waals surface area contributed by atoms with Crippen LogP contribution in [-0.2, 0) is 6.54 Å². The highest BCUT2D eigenvalue weighted by Gasteiger charge is 2.16. The van der Waals surface area contributed by atoms with Gasteiger partial charge in [0, 0.05) is 29.6 Å². The Morgan fingerprint density at radius 3 is 2.57 bits per heavy atom. The van der Waals surface area contributed by atoms with Crippen LogP contribution in [0.15, 0.2) is 43.2 Å². The maximum absolute atomic E-state index is 9.65. The Morgan fingerprint density at radius 1 is 1.00 bits per heavy atom. The van der Waals surface area contributed by atoms with Crippen molar-refractivity contribution in [1.29, 1.82) is 0 Å². The SMILES string of the molecule is CC(C)CC(C)n1cc(-c2nc(-c3cnn(CC(O)CO)c3)cn3nccc23)cn1. The second kappa shape index (κ2) is 8.37. The maximum atomic E-state index is 9.65. The molecule has 0 aliphatic rings. The fourth-order valence-corrected chi connectivity index (χ4v) is 3.64. The first-order valence-electron chi connectivity index (χ1n) is 10.1. The van der Waals surface area contributed by atoms with Crippen LogP contribution >= 0.6 is 0 Å². The van der Waals surface area contributed by atoms with Crippen LogP contribution in [-0.4, -0.2) is 57.1 Å². The van der Waals surface area contributed by atoms with E-state index in [0.29, 0.717) is 17.7 Å². The van der Waals surface area contributed by atoms with Gasteiger partial charge in [-0.25, -0.2) is 9.50 Å². The molecule has 2 N–H and O–H groups in total. The summed E-state index contributed by atoms with van der Waals surface area (Å²) in [6, 6.07) is 2.24. The van der Waals surface area contributed by atoms with Crippen molar-refractivity contribution in [3.63, 3.8) is 0 Å². The molecular weight excluding hydrogens is 382 g/mol. The molecule has 2 atom stereocenters. The third kappa shape index (κ3) is 4.12. The Hall–Kier alpha value is -3.04. The fourth-order valence-electron chi connectivity index (χ4n) is 3.64. The molecular formula is C21H27N7O2. The summed E-state index contributed by atoms with van der Waals surface area (Å²) in [5, 5.41) is 31.9. The molecule has 158 valence electrons. The molecule has 0 bridgehead atoms. The molecule has 0 saturated heterocycles. The molecule has 30 heavy (non-hydrogen) atoms. The van der Waals surface area contributed by atoms with Crippen molar-refractivity contribution in [2.24, 2.45) is 5.92 Å². The van der Waals surface area contributed by atoms with Crippen molar-refractivity contribution < 1.29 is 10.2 Å². The van der Waals surface area contributed by atoms with Crippen LogP contribution in [0.25, 0.3) is 28.0 Å². The lowest BCUT2D eigenvalue weighted by Gasteiger charge is -2.14. The Morgan fingerprint density at radius 2 is 1.80 bits per heavy atom. The highest BCUT2D eigenvalue weighted by molar-refractivity contribution is 5.78. The van der Waals surface area contributed by atoms with Crippen LogP contribution in [0.3, 0.4) is 0 Å². The first-order valence-corrected chi connectivity index (χ1v) is 10.1. The Kier molecular flexibility index (Phi) is 5.65. The summed E-state index contributed by atoms with van der Waals surface area (Å²) >= 11 is 0. The topological polar surface area (TPSA) is 106 Å². The predicted molar refractivity (Wildman–Crippen MR) is 113 cm³/mol. The number of hydrogen-bond acceptors (Lipinski definition) is 6. The second-order valence-electron chi connectivity index (χ2n) is 8.11. The van der Waals surface area contributed by atoms with Gasteiger partial charge in [0.05, 0.1) is 60.9 Å². The van der Waals surface area contributed by atoms with E-state index in [4.69, 9.17) is 10.1 Å². The number of nitrogens with zero attached hydrogens (tertiary/aromatic N) is 7. The number of hydrogen-bond donors (Lipinski definition) is 2. The quantitative estimate of drug-likeness (QED) is 0.463. The Bertz CT molecular complexity index is 1130. The minimum Gasteiger partial charge on any atom is -0.394 e. The Balaban J connectivity index is 1.70. The third-order valence-corrected chi connectivity index (χ3v) is 5.07. The van der Waals surface area contributed by atoms with E-state index in [0.717, 1.165) is 28.8 Å². The van der Waals surface area contributed by atoms with E-state index < -0.39 is 6.10 Å². The zero-order valence-electron chi connectivity index (χ0n) is 17.4. The van der Waals surface area contributed by atoms with Gasteiger partial charge in [0.25, 0.3) is 0 Å². The van der Waals surface area contributed by atoms with Crippen LogP contribution in [0.4, 0.5) is 0 Å². The van der Waals surface area contributed by atoms with Gasteiger partial charge >= 0.3 is 0 Å². The lowest BCUT2D eigenvalue weighted by atomic mass is 10.1. The number of fused-ring (bicyclic) bond motifs is 1. The minimum atomic E-state index is -0.853. The highest BCUT2D eigenvalue weighted by atomic mass is 16.3. The van der Waals surface area contributed by atoms with Crippen molar-refractivity contribution in [1.82, 2.24) is 34.2 Å². The third-order valence-electron chi connectivity index (χ3n) is 5.07. The molecule has 0 radical (unpaired) electrons. The fraction of sp³-hybridized carbons (Fsp3) is 0.429. The van der Waals surface area contributed by atoms with Crippen LogP contribution in [0.1, 0.15) is 33.2 Å². The summed E-state index contributed by atoms with van der Waals surface area (Å²) in [6.45, 7) is 6.50. The molecule has 4 aromatic rings. The first kappa shape index (κ1) is 20.2. The van der Waals surface area contributed by atoms with Gasteiger partial charge < -0.3 is 10.2 Å². The largest absolute Gasteiger partial charge is 0.394 e. The standard InChI is InChI=1S/C21H27N7O2/c1-14(2)6-15(3)27-10-17(8-24-27)21-20-4-5-22-28(20)12-19(25-21)16-7-23-26(9-16)11-18(30)13-29/h4-5,7-10,12,14-15,18,29-30H,6,11,13H2,1-3H3. The summed E-state index contributed by atoms with van der Waals surface area (Å²) in [5.74, 6) is 0.594. The van der Waals surface area contributed by atoms with Crippen molar-refractivity contribution in [3.05, 3.63) is 43.2 Å². The molecule has 9 nitrogen and oxygen atoms in total. The molecule has 4 aromatic heterocycles. The van der Waals surface area contributed by atoms with Crippen LogP contribution in [0.2, 0.25) is 0 Å². The van der Waals surface area contributed by atoms with Crippen LogP contribution in [0.5, 0.6) is 0 Å². The van der Waals surface area contributed by atoms with Crippen LogP contribution < -0.4 is 0 Å². The molecule has 4 heterocycles. The van der Waals surface area contributed by atoms with Gasteiger partial charge in [0.15, 0.2) is 0 Å². The Labute approximate surface area is 174 Å². The van der Waals surface area contributed by atoms with E-state index in [2.05, 4.69) is 36.1 Å². The highest BCUT2D eigenvalue weighted by Crippen LogP contribution is 2.27. The average Bonchev–Trinajstić information content (AvgIpc) is 3.46. The van der Waals surface area contributed by atoms with Gasteiger partial charge in [0.1, 0.15) is 0 Å². The maximum Gasteiger partial charge on any atom is 0.0999 e. The smallest absolute Gasteiger partial charge is 0.0999 e. The van der Waals surface area contributed by atoms with Gasteiger partial charge in [-0.2, -0.15) is 15.3 Å². The summed E-state index contributed by atoms with van der Waals surface area (Å²) in [7, 11) is 0. The summed E-state index contributed by atoms with van der Waals surface area (Å²) < 4.78 is 5.38. The van der Waals surface area contributed by atoms with Crippen molar-refractivity contribution in [2.75, 3.05) is 6.61 Å². The zero-order valence-corrected chi connectivity index (χ0v) is 17.4. The van der Waals surface area contributed by atoms with E-state index in [1.54, 1.807) is 27.8 Å². The van der Waals surface area contributed by atoms with Crippen molar-refractivity contribution in [3.8, 4) is 22.5 Å². The monoisotopic (exact) mass is 409 g/mol. The first-order chi connectivity index (χ1) is 14.4. The van der Waals surface area contributed by atoms with E-state index in [9.17, 15) is 5.11 Å². The molecule has 4 rings (SSSR count). The van der Waals surface area contributed by atoms with E-state index in [1.165, 1.54) is 0 Å². The number of aromatic nitrogens is 7. The summed E-state index contributed by atoms with van der Waals surface area (Å²) in [6.07, 6.45) is 11.2. The van der Waals surface area contributed by atoms with Crippen molar-refractivity contribution >= 4 is 5.52 Å². The predicted octanol–water partition coefficient (Wildman–Crippen LogP) is 2.42. The molecule has 0 saturated carbocycles. The van der Waals surface area contributed by atoms with Gasteiger partial charge in [-0.1, -0.05) is 13.8 Å². The summed E-state index contributed by atoms with van der Waals surface area (Å²) in [4.78, 5) is 4.88. The van der Waals surface area contributed by atoms with Crippen LogP contribution in [0, 0.1) is 5.92 Å². The molecule has 0 aromatic carbocycles. The number of aliphatic hydroxyl groups excluding tert-OH is 2. The molecule has 2 unspecified atom stereocenters. The lowest BCUT2D eigenvalue weighted by molar-refractivity contribution is 0.0783. The lowest BCUT2D eigenvalue weighted by Crippen LogP contribution is -2.19. The molecule has 0 fully saturated rings. The molecule has 0 spiro atoms. The van der Waals surface area contributed by atoms with Crippen molar-refractivity contribution in [2.45, 2.75) is 45.9 Å². The number of aliphatic hydroxyl groups is 2. The summed E-state index contributed by atoms with van der Waals surface area (Å²) in [5.41, 5.74) is 4.16. The number of rotatable bonds is 8. The van der Waals surface area contributed by atoms with E-state index in [-0.39, 0.29) is 13.2 Å². The van der Waals surface area contributed by atoms with Gasteiger partial charge in [-0.15, -0.1) is 0 Å². The molecule has 0 aliphatic heterocycles. The van der Waals surface area contributed by atoms with Gasteiger partial charge in [0.2, 0.25) is 0 Å². The average molecular weight is 409 g/mol. The zero-order chi connectivity index (χ0) is 21.3. The van der Waals surface area contributed by atoms with E-state index >= 15 is 0 Å². The molecule has 0 aliphatic carbocycles. The molecule has 0 amide bonds. The normalized spacial score (nSPS) is 13.9. The van der Waals surface area contributed by atoms with E-state index in [1.807, 2.05) is 29.3 Å². The van der Waals surface area contributed by atoms with Gasteiger partial charge in [-0.05, 0) is 25.3 Å². The minimum absolute atomic E-state index is 0.216. The second-order valence-corrected chi connectivity index (χ2v) is 8.11.